The first-order chi connectivity index (χ1) is 14.9. The molecule has 0 spiro atoms. The van der Waals surface area contributed by atoms with E-state index in [-0.39, 0.29) is 54.1 Å². The molecule has 3 unspecified atom stereocenters. The van der Waals surface area contributed by atoms with Crippen LogP contribution in [0.2, 0.25) is 5.02 Å². The van der Waals surface area contributed by atoms with E-state index in [2.05, 4.69) is 5.16 Å². The Labute approximate surface area is 187 Å². The Bertz CT molecular complexity index is 863. The van der Waals surface area contributed by atoms with Crippen molar-refractivity contribution in [3.8, 4) is 5.75 Å². The number of oxime groups is 1. The molecule has 0 bridgehead atoms. The number of nitrogens with zero attached hydrogens (tertiary/aromatic N) is 1. The second-order valence-corrected chi connectivity index (χ2v) is 8.39. The van der Waals surface area contributed by atoms with E-state index in [4.69, 9.17) is 25.9 Å². The minimum atomic E-state index is -0.275. The number of benzene rings is 1. The van der Waals surface area contributed by atoms with E-state index in [0.29, 0.717) is 42.4 Å². The third kappa shape index (κ3) is 6.23. The maximum Gasteiger partial charge on any atom is 0.306 e. The van der Waals surface area contributed by atoms with Crippen molar-refractivity contribution in [2.24, 2.45) is 17.0 Å². The van der Waals surface area contributed by atoms with Crippen LogP contribution in [0.1, 0.15) is 46.0 Å². The summed E-state index contributed by atoms with van der Waals surface area (Å²) in [6, 6.07) is 7.02. The van der Waals surface area contributed by atoms with Gasteiger partial charge in [0.15, 0.2) is 12.4 Å². The Hall–Kier alpha value is -2.54. The monoisotopic (exact) mass is 449 g/mol. The SMILES string of the molecule is CCC(=NOCC(C)Oc1ccc(Cl)cc1)C1=C(O)CC(C2CCOC(=O)C2)CC1=O. The van der Waals surface area contributed by atoms with E-state index < -0.39 is 0 Å². The maximum atomic E-state index is 12.8. The number of ether oxygens (including phenoxy) is 2. The molecule has 1 aliphatic carbocycles. The van der Waals surface area contributed by atoms with Gasteiger partial charge >= 0.3 is 5.97 Å². The maximum absolute atomic E-state index is 12.8. The number of halogens is 1. The molecule has 1 aliphatic heterocycles. The summed E-state index contributed by atoms with van der Waals surface area (Å²) >= 11 is 5.87. The summed E-state index contributed by atoms with van der Waals surface area (Å²) < 4.78 is 10.7. The van der Waals surface area contributed by atoms with Crippen LogP contribution in [-0.4, -0.2) is 41.9 Å². The highest BCUT2D eigenvalue weighted by Crippen LogP contribution is 2.36. The highest BCUT2D eigenvalue weighted by molar-refractivity contribution is 6.30. The lowest BCUT2D eigenvalue weighted by Gasteiger charge is -2.32. The zero-order chi connectivity index (χ0) is 22.4. The van der Waals surface area contributed by atoms with Crippen LogP contribution < -0.4 is 4.74 Å². The molecule has 3 atom stereocenters. The Balaban J connectivity index is 1.60. The van der Waals surface area contributed by atoms with Gasteiger partial charge in [-0.1, -0.05) is 23.7 Å². The molecular weight excluding hydrogens is 422 g/mol. The van der Waals surface area contributed by atoms with E-state index in [1.54, 1.807) is 24.3 Å². The van der Waals surface area contributed by atoms with Gasteiger partial charge < -0.3 is 19.4 Å². The van der Waals surface area contributed by atoms with Crippen LogP contribution >= 0.6 is 11.6 Å². The number of Topliss-reactive ketones (excluding diaryl/α,β-unsaturated/α-hetero) is 1. The largest absolute Gasteiger partial charge is 0.511 e. The molecular formula is C23H28ClNO6. The van der Waals surface area contributed by atoms with Gasteiger partial charge in [0.2, 0.25) is 0 Å². The first-order valence-electron chi connectivity index (χ1n) is 10.6. The smallest absolute Gasteiger partial charge is 0.306 e. The molecule has 1 N–H and O–H groups in total. The summed E-state index contributed by atoms with van der Waals surface area (Å²) in [5.74, 6) is 0.281. The van der Waals surface area contributed by atoms with E-state index in [9.17, 15) is 14.7 Å². The molecule has 7 nitrogen and oxygen atoms in total. The summed E-state index contributed by atoms with van der Waals surface area (Å²) in [6.07, 6.45) is 1.82. The lowest BCUT2D eigenvalue weighted by Crippen LogP contribution is -2.32. The molecule has 3 rings (SSSR count). The van der Waals surface area contributed by atoms with Crippen molar-refractivity contribution in [3.05, 3.63) is 40.6 Å². The van der Waals surface area contributed by atoms with Gasteiger partial charge in [0.25, 0.3) is 0 Å². The predicted molar refractivity (Wildman–Crippen MR) is 116 cm³/mol. The van der Waals surface area contributed by atoms with Crippen LogP contribution in [0.5, 0.6) is 5.75 Å². The number of ketones is 1. The third-order valence-corrected chi connectivity index (χ3v) is 5.83. The summed E-state index contributed by atoms with van der Waals surface area (Å²) in [5, 5.41) is 15.3. The standard InChI is InChI=1S/C23H28ClNO6/c1-3-19(25-30-13-14(2)31-18-6-4-17(24)5-7-18)23-20(26)10-16(11-21(23)27)15-8-9-29-22(28)12-15/h4-7,14-16,26H,3,8-13H2,1-2H3. The minimum Gasteiger partial charge on any atom is -0.511 e. The molecule has 2 aliphatic rings. The van der Waals surface area contributed by atoms with Crippen LogP contribution in [0, 0.1) is 11.8 Å². The number of rotatable bonds is 8. The van der Waals surface area contributed by atoms with Gasteiger partial charge in [-0.2, -0.15) is 0 Å². The molecule has 1 heterocycles. The summed E-state index contributed by atoms with van der Waals surface area (Å²) in [7, 11) is 0. The fourth-order valence-corrected chi connectivity index (χ4v) is 4.10. The van der Waals surface area contributed by atoms with Crippen LogP contribution in [0.15, 0.2) is 40.8 Å². The van der Waals surface area contributed by atoms with Gasteiger partial charge in [-0.05, 0) is 55.9 Å². The second-order valence-electron chi connectivity index (χ2n) is 7.96. The van der Waals surface area contributed by atoms with Gasteiger partial charge in [-0.25, -0.2) is 0 Å². The van der Waals surface area contributed by atoms with Crippen molar-refractivity contribution in [1.82, 2.24) is 0 Å². The van der Waals surface area contributed by atoms with Crippen molar-refractivity contribution < 1.29 is 29.0 Å². The molecule has 1 aromatic carbocycles. The third-order valence-electron chi connectivity index (χ3n) is 5.58. The van der Waals surface area contributed by atoms with Gasteiger partial charge in [0, 0.05) is 24.3 Å². The van der Waals surface area contributed by atoms with Crippen LogP contribution in [0.4, 0.5) is 0 Å². The fraction of sp³-hybridized carbons (Fsp3) is 0.522. The number of hydrogen-bond donors (Lipinski definition) is 1. The Kier molecular flexibility index (Phi) is 7.96. The number of allylic oxidation sites excluding steroid dienone is 2. The fourth-order valence-electron chi connectivity index (χ4n) is 3.97. The van der Waals surface area contributed by atoms with Crippen LogP contribution in [0.25, 0.3) is 0 Å². The van der Waals surface area contributed by atoms with E-state index in [1.807, 2.05) is 13.8 Å². The molecule has 0 saturated carbocycles. The highest BCUT2D eigenvalue weighted by atomic mass is 35.5. The van der Waals surface area contributed by atoms with E-state index >= 15 is 0 Å². The van der Waals surface area contributed by atoms with Gasteiger partial charge in [0.1, 0.15) is 17.6 Å². The predicted octanol–water partition coefficient (Wildman–Crippen LogP) is 4.63. The number of aliphatic hydroxyl groups is 1. The van der Waals surface area contributed by atoms with E-state index in [1.165, 1.54) is 0 Å². The average molecular weight is 450 g/mol. The molecule has 8 heteroatoms. The van der Waals surface area contributed by atoms with Gasteiger partial charge in [-0.3, -0.25) is 9.59 Å². The second kappa shape index (κ2) is 10.7. The highest BCUT2D eigenvalue weighted by Gasteiger charge is 2.36. The average Bonchev–Trinajstić information content (AvgIpc) is 2.73. The summed E-state index contributed by atoms with van der Waals surface area (Å²) in [4.78, 5) is 29.8. The van der Waals surface area contributed by atoms with Crippen molar-refractivity contribution in [3.63, 3.8) is 0 Å². The van der Waals surface area contributed by atoms with Crippen molar-refractivity contribution in [2.75, 3.05) is 13.2 Å². The summed E-state index contributed by atoms with van der Waals surface area (Å²) in [6.45, 7) is 4.25. The summed E-state index contributed by atoms with van der Waals surface area (Å²) in [5.41, 5.74) is 0.658. The molecule has 1 saturated heterocycles. The van der Waals surface area contributed by atoms with Crippen LogP contribution in [0.3, 0.4) is 0 Å². The number of aliphatic hydroxyl groups excluding tert-OH is 1. The molecule has 31 heavy (non-hydrogen) atoms. The van der Waals surface area contributed by atoms with Gasteiger partial charge in [-0.15, -0.1) is 0 Å². The molecule has 1 aromatic rings. The number of hydrogen-bond acceptors (Lipinski definition) is 7. The van der Waals surface area contributed by atoms with Crippen LogP contribution in [-0.2, 0) is 19.2 Å². The zero-order valence-electron chi connectivity index (χ0n) is 17.8. The molecule has 0 aromatic heterocycles. The number of cyclic esters (lactones) is 1. The Morgan fingerprint density at radius 3 is 2.61 bits per heavy atom. The first kappa shape index (κ1) is 23.1. The first-order valence-corrected chi connectivity index (χ1v) is 11.0. The van der Waals surface area contributed by atoms with Crippen molar-refractivity contribution in [2.45, 2.75) is 52.1 Å². The number of carbonyl (C=O) groups is 2. The lowest BCUT2D eigenvalue weighted by atomic mass is 9.75. The topological polar surface area (TPSA) is 94.4 Å². The number of esters is 1. The van der Waals surface area contributed by atoms with E-state index in [0.717, 1.165) is 6.42 Å². The van der Waals surface area contributed by atoms with Crippen molar-refractivity contribution in [1.29, 1.82) is 0 Å². The normalized spacial score (nSPS) is 23.4. The number of carbonyl (C=O) groups excluding carboxylic acids is 2. The Morgan fingerprint density at radius 2 is 1.97 bits per heavy atom. The van der Waals surface area contributed by atoms with Crippen molar-refractivity contribution >= 4 is 29.1 Å². The molecule has 1 fully saturated rings. The minimum absolute atomic E-state index is 0.0230. The Morgan fingerprint density at radius 1 is 1.23 bits per heavy atom. The molecule has 168 valence electrons. The van der Waals surface area contributed by atoms with Gasteiger partial charge in [0.05, 0.1) is 17.9 Å². The lowest BCUT2D eigenvalue weighted by molar-refractivity contribution is -0.150. The zero-order valence-corrected chi connectivity index (χ0v) is 18.6. The quantitative estimate of drug-likeness (QED) is 0.353. The molecule has 0 radical (unpaired) electrons. The molecule has 0 amide bonds.